The van der Waals surface area contributed by atoms with Gasteiger partial charge in [-0.2, -0.15) is 10.3 Å². The van der Waals surface area contributed by atoms with Gasteiger partial charge in [-0.05, 0) is 54.0 Å². The number of nitrogens with zero attached hydrogens (tertiary/aromatic N) is 5. The van der Waals surface area contributed by atoms with E-state index in [0.29, 0.717) is 11.9 Å². The molecule has 0 spiro atoms. The number of hydrogen-bond donors (Lipinski definition) is 2. The number of aliphatic hydroxyl groups is 1. The summed E-state index contributed by atoms with van der Waals surface area (Å²) >= 11 is 0. The third-order valence-corrected chi connectivity index (χ3v) is 6.70. The van der Waals surface area contributed by atoms with E-state index in [2.05, 4.69) is 62.6 Å². The monoisotopic (exact) mass is 442 g/mol. The molecule has 0 amide bonds. The summed E-state index contributed by atoms with van der Waals surface area (Å²) in [6.45, 7) is 2.25. The summed E-state index contributed by atoms with van der Waals surface area (Å²) in [5.41, 5.74) is 7.71. The maximum Gasteiger partial charge on any atom is 0.205 e. The maximum absolute atomic E-state index is 10.2. The lowest BCUT2D eigenvalue weighted by atomic mass is 9.92. The van der Waals surface area contributed by atoms with Crippen LogP contribution in [-0.2, 0) is 19.4 Å². The van der Waals surface area contributed by atoms with E-state index >= 15 is 0 Å². The van der Waals surface area contributed by atoms with Crippen molar-refractivity contribution < 1.29 is 5.11 Å². The SMILES string of the molecule is CCCCc1nn(C2CCC2)c(CO)c1Cc1ccc(-c2ccccc2-c2nn[nH]n2)cc1. The predicted molar refractivity (Wildman–Crippen MR) is 128 cm³/mol. The second kappa shape index (κ2) is 9.67. The van der Waals surface area contributed by atoms with Crippen LogP contribution in [0.3, 0.4) is 0 Å². The summed E-state index contributed by atoms with van der Waals surface area (Å²) < 4.78 is 2.12. The van der Waals surface area contributed by atoms with E-state index in [4.69, 9.17) is 5.10 Å². The summed E-state index contributed by atoms with van der Waals surface area (Å²) in [7, 11) is 0. The van der Waals surface area contributed by atoms with Gasteiger partial charge < -0.3 is 5.11 Å². The van der Waals surface area contributed by atoms with Gasteiger partial charge in [-0.15, -0.1) is 10.2 Å². The average molecular weight is 443 g/mol. The average Bonchev–Trinajstić information content (AvgIpc) is 3.46. The van der Waals surface area contributed by atoms with E-state index in [9.17, 15) is 5.11 Å². The summed E-state index contributed by atoms with van der Waals surface area (Å²) in [5, 5.41) is 29.7. The second-order valence-electron chi connectivity index (χ2n) is 8.82. The molecule has 0 aliphatic heterocycles. The van der Waals surface area contributed by atoms with Crippen molar-refractivity contribution >= 4 is 0 Å². The topological polar surface area (TPSA) is 92.5 Å². The van der Waals surface area contributed by atoms with Crippen LogP contribution < -0.4 is 0 Å². The number of aliphatic hydroxyl groups excluding tert-OH is 1. The van der Waals surface area contributed by atoms with Crippen molar-refractivity contribution in [1.82, 2.24) is 30.4 Å². The highest BCUT2D eigenvalue weighted by molar-refractivity contribution is 5.80. The normalized spacial score (nSPS) is 13.9. The van der Waals surface area contributed by atoms with Gasteiger partial charge in [-0.25, -0.2) is 0 Å². The van der Waals surface area contributed by atoms with Gasteiger partial charge in [0.15, 0.2) is 0 Å². The molecule has 2 heterocycles. The highest BCUT2D eigenvalue weighted by atomic mass is 16.3. The molecule has 0 atom stereocenters. The zero-order chi connectivity index (χ0) is 22.6. The molecule has 2 aromatic heterocycles. The predicted octanol–water partition coefficient (Wildman–Crippen LogP) is 4.88. The summed E-state index contributed by atoms with van der Waals surface area (Å²) in [5.74, 6) is 0.589. The number of aromatic nitrogens is 6. The van der Waals surface area contributed by atoms with Crippen LogP contribution in [-0.4, -0.2) is 35.5 Å². The van der Waals surface area contributed by atoms with Gasteiger partial charge >= 0.3 is 0 Å². The highest BCUT2D eigenvalue weighted by Crippen LogP contribution is 2.35. The molecule has 1 fully saturated rings. The quantitative estimate of drug-likeness (QED) is 0.385. The van der Waals surface area contributed by atoms with Gasteiger partial charge in [0.1, 0.15) is 0 Å². The first-order valence-corrected chi connectivity index (χ1v) is 11.9. The Balaban J connectivity index is 1.44. The van der Waals surface area contributed by atoms with Crippen molar-refractivity contribution in [1.29, 1.82) is 0 Å². The Morgan fingerprint density at radius 1 is 1.06 bits per heavy atom. The summed E-state index contributed by atoms with van der Waals surface area (Å²) in [6, 6.07) is 17.2. The Labute approximate surface area is 193 Å². The fourth-order valence-corrected chi connectivity index (χ4v) is 4.62. The van der Waals surface area contributed by atoms with E-state index < -0.39 is 0 Å². The first-order valence-electron chi connectivity index (χ1n) is 11.9. The Kier molecular flexibility index (Phi) is 6.30. The highest BCUT2D eigenvalue weighted by Gasteiger charge is 2.26. The van der Waals surface area contributed by atoms with Crippen LogP contribution in [0.25, 0.3) is 22.5 Å². The van der Waals surface area contributed by atoms with Crippen molar-refractivity contribution in [3.05, 3.63) is 71.0 Å². The van der Waals surface area contributed by atoms with Crippen molar-refractivity contribution in [2.75, 3.05) is 0 Å². The number of rotatable bonds is 9. The number of nitrogens with one attached hydrogen (secondary N) is 1. The molecule has 1 saturated carbocycles. The van der Waals surface area contributed by atoms with Crippen LogP contribution in [0, 0.1) is 0 Å². The minimum atomic E-state index is 0.0428. The molecular formula is C26H30N6O. The molecule has 1 aliphatic rings. The van der Waals surface area contributed by atoms with Crippen molar-refractivity contribution in [3.8, 4) is 22.5 Å². The molecule has 0 saturated heterocycles. The van der Waals surface area contributed by atoms with Gasteiger partial charge in [-0.3, -0.25) is 4.68 Å². The molecule has 7 nitrogen and oxygen atoms in total. The molecule has 170 valence electrons. The molecule has 0 bridgehead atoms. The van der Waals surface area contributed by atoms with E-state index in [1.54, 1.807) is 0 Å². The molecule has 5 rings (SSSR count). The van der Waals surface area contributed by atoms with Crippen molar-refractivity contribution in [2.45, 2.75) is 64.5 Å². The van der Waals surface area contributed by atoms with E-state index in [1.807, 2.05) is 18.2 Å². The zero-order valence-electron chi connectivity index (χ0n) is 19.0. The molecule has 2 N–H and O–H groups in total. The number of aromatic amines is 1. The minimum absolute atomic E-state index is 0.0428. The standard InChI is InChI=1S/C26H30N6O/c1-2-3-11-24-23(25(17-33)32(29-24)20-7-6-8-20)16-18-12-14-19(15-13-18)21-9-4-5-10-22(21)26-27-30-31-28-26/h4-5,9-10,12-15,20,33H,2-3,6-8,11,16-17H2,1H3,(H,27,28,30,31). The Morgan fingerprint density at radius 2 is 1.85 bits per heavy atom. The van der Waals surface area contributed by atoms with E-state index in [-0.39, 0.29) is 6.61 Å². The maximum atomic E-state index is 10.2. The van der Waals surface area contributed by atoms with Crippen LogP contribution in [0.15, 0.2) is 48.5 Å². The molecule has 0 unspecified atom stereocenters. The molecule has 1 aliphatic carbocycles. The molecule has 2 aromatic carbocycles. The van der Waals surface area contributed by atoms with Crippen LogP contribution in [0.2, 0.25) is 0 Å². The first kappa shape index (κ1) is 21.5. The number of H-pyrrole nitrogens is 1. The molecule has 7 heteroatoms. The summed E-state index contributed by atoms with van der Waals surface area (Å²) in [6.07, 6.45) is 7.58. The number of tetrazole rings is 1. The number of hydrogen-bond acceptors (Lipinski definition) is 5. The van der Waals surface area contributed by atoms with Gasteiger partial charge in [0.2, 0.25) is 5.82 Å². The van der Waals surface area contributed by atoms with Gasteiger partial charge in [-0.1, -0.05) is 61.9 Å². The second-order valence-corrected chi connectivity index (χ2v) is 8.82. The third-order valence-electron chi connectivity index (χ3n) is 6.70. The van der Waals surface area contributed by atoms with E-state index in [0.717, 1.165) is 66.6 Å². The summed E-state index contributed by atoms with van der Waals surface area (Å²) in [4.78, 5) is 0. The Morgan fingerprint density at radius 3 is 2.48 bits per heavy atom. The zero-order valence-corrected chi connectivity index (χ0v) is 19.0. The van der Waals surface area contributed by atoms with E-state index in [1.165, 1.54) is 17.5 Å². The van der Waals surface area contributed by atoms with Crippen molar-refractivity contribution in [3.63, 3.8) is 0 Å². The first-order chi connectivity index (χ1) is 16.3. The largest absolute Gasteiger partial charge is 0.390 e. The Hall–Kier alpha value is -3.32. The van der Waals surface area contributed by atoms with Gasteiger partial charge in [0.05, 0.1) is 24.0 Å². The molecule has 0 radical (unpaired) electrons. The lowest BCUT2D eigenvalue weighted by Gasteiger charge is -2.27. The number of unbranched alkanes of at least 4 members (excludes halogenated alkanes) is 1. The van der Waals surface area contributed by atoms with Gasteiger partial charge in [0, 0.05) is 17.5 Å². The van der Waals surface area contributed by atoms with Crippen molar-refractivity contribution in [2.24, 2.45) is 0 Å². The molecule has 4 aromatic rings. The minimum Gasteiger partial charge on any atom is -0.390 e. The Bertz CT molecular complexity index is 1190. The third kappa shape index (κ3) is 4.33. The number of aryl methyl sites for hydroxylation is 1. The number of benzene rings is 2. The molecule has 33 heavy (non-hydrogen) atoms. The lowest BCUT2D eigenvalue weighted by molar-refractivity contribution is 0.232. The fraction of sp³-hybridized carbons (Fsp3) is 0.385. The van der Waals surface area contributed by atoms with Crippen LogP contribution in [0.4, 0.5) is 0 Å². The van der Waals surface area contributed by atoms with Crippen LogP contribution >= 0.6 is 0 Å². The molecular weight excluding hydrogens is 412 g/mol. The smallest absolute Gasteiger partial charge is 0.205 e. The fourth-order valence-electron chi connectivity index (χ4n) is 4.62. The van der Waals surface area contributed by atoms with Gasteiger partial charge in [0.25, 0.3) is 0 Å². The lowest BCUT2D eigenvalue weighted by Crippen LogP contribution is -2.20. The van der Waals surface area contributed by atoms with Crippen LogP contribution in [0.1, 0.15) is 67.6 Å². The van der Waals surface area contributed by atoms with Crippen LogP contribution in [0.5, 0.6) is 0 Å².